The Balaban J connectivity index is 2.04. The van der Waals surface area contributed by atoms with Crippen LogP contribution in [0.15, 0.2) is 18.2 Å². The molecule has 0 unspecified atom stereocenters. The SMILES string of the molecule is COC1CCN(Cc2cccc([N+](=O)[O-])c2N)CC1. The summed E-state index contributed by atoms with van der Waals surface area (Å²) >= 11 is 0. The van der Waals surface area contributed by atoms with Gasteiger partial charge < -0.3 is 10.5 Å². The fourth-order valence-electron chi connectivity index (χ4n) is 2.44. The number of para-hydroxylation sites is 1. The standard InChI is InChI=1S/C13H19N3O3/c1-19-11-5-7-15(8-6-11)9-10-3-2-4-12(13(10)14)16(17)18/h2-4,11H,5-9,14H2,1H3. The van der Waals surface area contributed by atoms with Gasteiger partial charge in [0.15, 0.2) is 0 Å². The van der Waals surface area contributed by atoms with E-state index >= 15 is 0 Å². The smallest absolute Gasteiger partial charge is 0.292 e. The number of piperidine rings is 1. The lowest BCUT2D eigenvalue weighted by molar-refractivity contribution is -0.384. The zero-order valence-corrected chi connectivity index (χ0v) is 11.0. The van der Waals surface area contributed by atoms with E-state index in [-0.39, 0.29) is 11.4 Å². The number of benzene rings is 1. The average Bonchev–Trinajstić information content (AvgIpc) is 2.41. The lowest BCUT2D eigenvalue weighted by Gasteiger charge is -2.31. The van der Waals surface area contributed by atoms with E-state index in [2.05, 4.69) is 4.90 Å². The third kappa shape index (κ3) is 3.21. The summed E-state index contributed by atoms with van der Waals surface area (Å²) in [6.07, 6.45) is 2.31. The predicted molar refractivity (Wildman–Crippen MR) is 72.8 cm³/mol. The van der Waals surface area contributed by atoms with E-state index in [4.69, 9.17) is 10.5 Å². The molecule has 0 atom stereocenters. The molecule has 6 heteroatoms. The van der Waals surface area contributed by atoms with Crippen molar-refractivity contribution in [2.24, 2.45) is 0 Å². The van der Waals surface area contributed by atoms with E-state index in [1.54, 1.807) is 13.2 Å². The summed E-state index contributed by atoms with van der Waals surface area (Å²) < 4.78 is 5.32. The molecule has 104 valence electrons. The number of hydrogen-bond donors (Lipinski definition) is 1. The molecule has 2 rings (SSSR count). The Hall–Kier alpha value is -1.66. The van der Waals surface area contributed by atoms with Gasteiger partial charge in [0.25, 0.3) is 5.69 Å². The zero-order chi connectivity index (χ0) is 13.8. The second-order valence-corrected chi connectivity index (χ2v) is 4.82. The molecule has 0 spiro atoms. The highest BCUT2D eigenvalue weighted by molar-refractivity contribution is 5.62. The summed E-state index contributed by atoms with van der Waals surface area (Å²) in [7, 11) is 1.73. The molecule has 0 radical (unpaired) electrons. The Bertz CT molecular complexity index is 456. The maximum Gasteiger partial charge on any atom is 0.292 e. The van der Waals surface area contributed by atoms with Crippen molar-refractivity contribution in [3.8, 4) is 0 Å². The first kappa shape index (κ1) is 13.8. The van der Waals surface area contributed by atoms with Gasteiger partial charge in [0.2, 0.25) is 0 Å². The van der Waals surface area contributed by atoms with Gasteiger partial charge in [-0.15, -0.1) is 0 Å². The minimum atomic E-state index is -0.435. The Kier molecular flexibility index (Phi) is 4.34. The number of nitro groups is 1. The number of likely N-dealkylation sites (tertiary alicyclic amines) is 1. The molecule has 0 aliphatic carbocycles. The number of anilines is 1. The van der Waals surface area contributed by atoms with Gasteiger partial charge in [-0.1, -0.05) is 12.1 Å². The maximum absolute atomic E-state index is 10.8. The molecule has 1 saturated heterocycles. The molecular formula is C13H19N3O3. The van der Waals surface area contributed by atoms with Crippen molar-refractivity contribution in [2.45, 2.75) is 25.5 Å². The highest BCUT2D eigenvalue weighted by atomic mass is 16.6. The normalized spacial score (nSPS) is 17.5. The van der Waals surface area contributed by atoms with E-state index in [1.807, 2.05) is 6.07 Å². The van der Waals surface area contributed by atoms with Crippen LogP contribution in [0.4, 0.5) is 11.4 Å². The van der Waals surface area contributed by atoms with Gasteiger partial charge in [0.05, 0.1) is 11.0 Å². The number of nitrogens with two attached hydrogens (primary N) is 1. The van der Waals surface area contributed by atoms with Crippen LogP contribution >= 0.6 is 0 Å². The summed E-state index contributed by atoms with van der Waals surface area (Å²) in [6.45, 7) is 2.52. The summed E-state index contributed by atoms with van der Waals surface area (Å²) in [6, 6.07) is 4.98. The van der Waals surface area contributed by atoms with Crippen molar-refractivity contribution in [3.05, 3.63) is 33.9 Å². The van der Waals surface area contributed by atoms with Crippen LogP contribution in [0.1, 0.15) is 18.4 Å². The Morgan fingerprint density at radius 3 is 2.74 bits per heavy atom. The second-order valence-electron chi connectivity index (χ2n) is 4.82. The highest BCUT2D eigenvalue weighted by Crippen LogP contribution is 2.26. The molecule has 19 heavy (non-hydrogen) atoms. The van der Waals surface area contributed by atoms with Gasteiger partial charge in [-0.05, 0) is 18.4 Å². The van der Waals surface area contributed by atoms with Gasteiger partial charge >= 0.3 is 0 Å². The van der Waals surface area contributed by atoms with Gasteiger partial charge in [0.1, 0.15) is 5.69 Å². The number of nitro benzene ring substituents is 1. The summed E-state index contributed by atoms with van der Waals surface area (Å²) in [5.74, 6) is 0. The van der Waals surface area contributed by atoms with Gasteiger partial charge in [-0.3, -0.25) is 15.0 Å². The van der Waals surface area contributed by atoms with Crippen LogP contribution < -0.4 is 5.73 Å². The van der Waals surface area contributed by atoms with Crippen molar-refractivity contribution in [3.63, 3.8) is 0 Å². The molecular weight excluding hydrogens is 246 g/mol. The van der Waals surface area contributed by atoms with E-state index < -0.39 is 4.92 Å². The molecule has 0 amide bonds. The Morgan fingerprint density at radius 1 is 1.47 bits per heavy atom. The van der Waals surface area contributed by atoms with Crippen molar-refractivity contribution < 1.29 is 9.66 Å². The van der Waals surface area contributed by atoms with Crippen LogP contribution in [0.25, 0.3) is 0 Å². The van der Waals surface area contributed by atoms with Crippen molar-refractivity contribution in [2.75, 3.05) is 25.9 Å². The number of hydrogen-bond acceptors (Lipinski definition) is 5. The largest absolute Gasteiger partial charge is 0.393 e. The number of methoxy groups -OCH3 is 1. The molecule has 0 aromatic heterocycles. The first-order valence-electron chi connectivity index (χ1n) is 6.38. The van der Waals surface area contributed by atoms with E-state index in [0.29, 0.717) is 12.6 Å². The molecule has 6 nitrogen and oxygen atoms in total. The van der Waals surface area contributed by atoms with Crippen LogP contribution in [-0.4, -0.2) is 36.1 Å². The molecule has 1 aliphatic heterocycles. The van der Waals surface area contributed by atoms with Crippen molar-refractivity contribution >= 4 is 11.4 Å². The monoisotopic (exact) mass is 265 g/mol. The van der Waals surface area contributed by atoms with Gasteiger partial charge in [-0.25, -0.2) is 0 Å². The molecule has 1 heterocycles. The van der Waals surface area contributed by atoms with Crippen LogP contribution in [0, 0.1) is 10.1 Å². The first-order valence-corrected chi connectivity index (χ1v) is 6.38. The molecule has 0 saturated carbocycles. The minimum absolute atomic E-state index is 0.00993. The van der Waals surface area contributed by atoms with Gasteiger partial charge in [0, 0.05) is 32.8 Å². The molecule has 1 aliphatic rings. The highest BCUT2D eigenvalue weighted by Gasteiger charge is 2.21. The number of rotatable bonds is 4. The Morgan fingerprint density at radius 2 is 2.16 bits per heavy atom. The van der Waals surface area contributed by atoms with Crippen LogP contribution in [-0.2, 0) is 11.3 Å². The van der Waals surface area contributed by atoms with Crippen LogP contribution in [0.3, 0.4) is 0 Å². The number of ether oxygens (including phenoxy) is 1. The van der Waals surface area contributed by atoms with Crippen molar-refractivity contribution in [1.82, 2.24) is 4.90 Å². The summed E-state index contributed by atoms with van der Waals surface area (Å²) in [5.41, 5.74) is 6.96. The van der Waals surface area contributed by atoms with Crippen LogP contribution in [0.5, 0.6) is 0 Å². The van der Waals surface area contributed by atoms with Crippen LogP contribution in [0.2, 0.25) is 0 Å². The number of nitrogens with zero attached hydrogens (tertiary/aromatic N) is 2. The lowest BCUT2D eigenvalue weighted by Crippen LogP contribution is -2.36. The van der Waals surface area contributed by atoms with E-state index in [0.717, 1.165) is 31.5 Å². The van der Waals surface area contributed by atoms with E-state index in [1.165, 1.54) is 6.07 Å². The quantitative estimate of drug-likeness (QED) is 0.510. The third-order valence-corrected chi connectivity index (χ3v) is 3.63. The maximum atomic E-state index is 10.8. The first-order chi connectivity index (χ1) is 9.11. The van der Waals surface area contributed by atoms with E-state index in [9.17, 15) is 10.1 Å². The fourth-order valence-corrected chi connectivity index (χ4v) is 2.44. The molecule has 1 aromatic carbocycles. The fraction of sp³-hybridized carbons (Fsp3) is 0.538. The molecule has 1 aromatic rings. The molecule has 1 fully saturated rings. The number of nitrogen functional groups attached to an aromatic ring is 1. The third-order valence-electron chi connectivity index (χ3n) is 3.63. The summed E-state index contributed by atoms with van der Waals surface area (Å²) in [5, 5.41) is 10.8. The molecule has 0 bridgehead atoms. The molecule has 2 N–H and O–H groups in total. The topological polar surface area (TPSA) is 81.6 Å². The lowest BCUT2D eigenvalue weighted by atomic mass is 10.1. The predicted octanol–water partition coefficient (Wildman–Crippen LogP) is 1.79. The minimum Gasteiger partial charge on any atom is -0.393 e. The average molecular weight is 265 g/mol. The zero-order valence-electron chi connectivity index (χ0n) is 11.0. The summed E-state index contributed by atoms with van der Waals surface area (Å²) in [4.78, 5) is 12.7. The Labute approximate surface area is 112 Å². The van der Waals surface area contributed by atoms with Crippen molar-refractivity contribution in [1.29, 1.82) is 0 Å². The second kappa shape index (κ2) is 5.99. The van der Waals surface area contributed by atoms with Gasteiger partial charge in [-0.2, -0.15) is 0 Å².